The molecule has 0 aliphatic carbocycles. The summed E-state index contributed by atoms with van der Waals surface area (Å²) >= 11 is 3.63. The molecular formula is C16H10S2. The zero-order valence-corrected chi connectivity index (χ0v) is 11.2. The second kappa shape index (κ2) is 3.94. The van der Waals surface area contributed by atoms with Crippen molar-refractivity contribution >= 4 is 42.8 Å². The molecule has 0 fully saturated rings. The number of rotatable bonds is 1. The fourth-order valence-corrected chi connectivity index (χ4v) is 4.19. The van der Waals surface area contributed by atoms with Gasteiger partial charge in [0.2, 0.25) is 0 Å². The maximum atomic E-state index is 2.27. The molecule has 86 valence electrons. The van der Waals surface area contributed by atoms with Gasteiger partial charge in [-0.3, -0.25) is 0 Å². The third kappa shape index (κ3) is 1.43. The molecule has 2 aromatic carbocycles. The Morgan fingerprint density at radius 2 is 1.39 bits per heavy atom. The number of benzene rings is 2. The lowest BCUT2D eigenvalue weighted by Gasteiger charge is -2.02. The van der Waals surface area contributed by atoms with Gasteiger partial charge in [-0.25, -0.2) is 0 Å². The van der Waals surface area contributed by atoms with Crippen LogP contribution in [-0.4, -0.2) is 0 Å². The van der Waals surface area contributed by atoms with Crippen molar-refractivity contribution in [3.63, 3.8) is 0 Å². The van der Waals surface area contributed by atoms with Crippen molar-refractivity contribution < 1.29 is 0 Å². The second-order valence-electron chi connectivity index (χ2n) is 4.28. The Bertz CT molecular complexity index is 836. The first-order chi connectivity index (χ1) is 8.93. The van der Waals surface area contributed by atoms with Crippen molar-refractivity contribution in [1.29, 1.82) is 0 Å². The van der Waals surface area contributed by atoms with Crippen LogP contribution in [0.3, 0.4) is 0 Å². The summed E-state index contributed by atoms with van der Waals surface area (Å²) in [6.45, 7) is 0. The van der Waals surface area contributed by atoms with Gasteiger partial charge in [0.25, 0.3) is 0 Å². The Morgan fingerprint density at radius 1 is 0.611 bits per heavy atom. The highest BCUT2D eigenvalue weighted by molar-refractivity contribution is 7.18. The van der Waals surface area contributed by atoms with Crippen LogP contribution in [0.2, 0.25) is 0 Å². The molecule has 2 aromatic heterocycles. The molecule has 0 amide bonds. The molecule has 4 rings (SSSR count). The van der Waals surface area contributed by atoms with Gasteiger partial charge in [-0.05, 0) is 34.5 Å². The summed E-state index contributed by atoms with van der Waals surface area (Å²) in [6, 6.07) is 17.4. The summed E-state index contributed by atoms with van der Waals surface area (Å²) in [7, 11) is 0. The third-order valence-electron chi connectivity index (χ3n) is 3.27. The van der Waals surface area contributed by atoms with Crippen LogP contribution in [0.15, 0.2) is 59.3 Å². The van der Waals surface area contributed by atoms with E-state index in [2.05, 4.69) is 59.3 Å². The van der Waals surface area contributed by atoms with Gasteiger partial charge in [0.1, 0.15) is 0 Å². The van der Waals surface area contributed by atoms with E-state index in [4.69, 9.17) is 0 Å². The van der Waals surface area contributed by atoms with E-state index in [1.807, 2.05) is 22.7 Å². The van der Waals surface area contributed by atoms with Gasteiger partial charge in [0, 0.05) is 25.7 Å². The standard InChI is InChI=1S/C16H10S2/c1-2-6-16-12(4-1)14(10-18-16)11-5-3-7-15-13(11)8-9-17-15/h1-10H. The molecule has 2 heteroatoms. The quantitative estimate of drug-likeness (QED) is 0.409. The second-order valence-corrected chi connectivity index (χ2v) is 6.14. The molecule has 0 atom stereocenters. The maximum absolute atomic E-state index is 2.27. The number of hydrogen-bond acceptors (Lipinski definition) is 2. The highest BCUT2D eigenvalue weighted by atomic mass is 32.1. The Balaban J connectivity index is 2.10. The fraction of sp³-hybridized carbons (Fsp3) is 0. The highest BCUT2D eigenvalue weighted by Gasteiger charge is 2.09. The summed E-state index contributed by atoms with van der Waals surface area (Å²) in [5, 5.41) is 7.17. The van der Waals surface area contributed by atoms with Crippen molar-refractivity contribution in [2.45, 2.75) is 0 Å². The highest BCUT2D eigenvalue weighted by Crippen LogP contribution is 2.38. The number of hydrogen-bond donors (Lipinski definition) is 0. The molecule has 0 aliphatic heterocycles. The minimum Gasteiger partial charge on any atom is -0.144 e. The van der Waals surface area contributed by atoms with E-state index in [1.165, 1.54) is 31.3 Å². The minimum absolute atomic E-state index is 1.35. The Kier molecular flexibility index (Phi) is 2.25. The van der Waals surface area contributed by atoms with Gasteiger partial charge < -0.3 is 0 Å². The molecule has 0 nitrogen and oxygen atoms in total. The molecule has 4 aromatic rings. The van der Waals surface area contributed by atoms with Crippen LogP contribution in [0.25, 0.3) is 31.3 Å². The summed E-state index contributed by atoms with van der Waals surface area (Å²) in [6.07, 6.45) is 0. The zero-order chi connectivity index (χ0) is 11.9. The van der Waals surface area contributed by atoms with E-state index in [0.717, 1.165) is 0 Å². The lowest BCUT2D eigenvalue weighted by atomic mass is 10.0. The average molecular weight is 266 g/mol. The third-order valence-corrected chi connectivity index (χ3v) is 5.11. The topological polar surface area (TPSA) is 0 Å². The molecule has 0 radical (unpaired) electrons. The van der Waals surface area contributed by atoms with Crippen LogP contribution in [0.4, 0.5) is 0 Å². The molecule has 0 N–H and O–H groups in total. The molecule has 0 bridgehead atoms. The molecule has 0 saturated heterocycles. The number of thiophene rings is 2. The molecule has 0 unspecified atom stereocenters. The lowest BCUT2D eigenvalue weighted by molar-refractivity contribution is 1.78. The largest absolute Gasteiger partial charge is 0.144 e. The number of fused-ring (bicyclic) bond motifs is 2. The van der Waals surface area contributed by atoms with Gasteiger partial charge in [0.15, 0.2) is 0 Å². The monoisotopic (exact) mass is 266 g/mol. The Labute approximate surface area is 113 Å². The van der Waals surface area contributed by atoms with Crippen LogP contribution in [-0.2, 0) is 0 Å². The van der Waals surface area contributed by atoms with Crippen LogP contribution < -0.4 is 0 Å². The van der Waals surface area contributed by atoms with Crippen LogP contribution >= 0.6 is 22.7 Å². The van der Waals surface area contributed by atoms with Crippen LogP contribution in [0.5, 0.6) is 0 Å². The maximum Gasteiger partial charge on any atom is 0.0349 e. The normalized spacial score (nSPS) is 11.3. The van der Waals surface area contributed by atoms with Gasteiger partial charge in [-0.15, -0.1) is 22.7 Å². The van der Waals surface area contributed by atoms with Gasteiger partial charge in [0.05, 0.1) is 0 Å². The van der Waals surface area contributed by atoms with Gasteiger partial charge >= 0.3 is 0 Å². The fourth-order valence-electron chi connectivity index (χ4n) is 2.42. The lowest BCUT2D eigenvalue weighted by Crippen LogP contribution is -1.76. The first-order valence-corrected chi connectivity index (χ1v) is 7.62. The first-order valence-electron chi connectivity index (χ1n) is 5.86. The van der Waals surface area contributed by atoms with Gasteiger partial charge in [-0.1, -0.05) is 30.3 Å². The van der Waals surface area contributed by atoms with Crippen LogP contribution in [0.1, 0.15) is 0 Å². The van der Waals surface area contributed by atoms with Crippen molar-refractivity contribution in [2.75, 3.05) is 0 Å². The van der Waals surface area contributed by atoms with Gasteiger partial charge in [-0.2, -0.15) is 0 Å². The Hall–Kier alpha value is -1.64. The van der Waals surface area contributed by atoms with Crippen molar-refractivity contribution in [3.05, 3.63) is 59.3 Å². The molecule has 2 heterocycles. The molecule has 0 saturated carbocycles. The van der Waals surface area contributed by atoms with Crippen molar-refractivity contribution in [1.82, 2.24) is 0 Å². The van der Waals surface area contributed by atoms with Crippen LogP contribution in [0, 0.1) is 0 Å². The Morgan fingerprint density at radius 3 is 2.39 bits per heavy atom. The SMILES string of the molecule is c1cc(-c2csc3ccccc23)c2ccsc2c1. The smallest absolute Gasteiger partial charge is 0.0349 e. The average Bonchev–Trinajstić information content (AvgIpc) is 3.05. The van der Waals surface area contributed by atoms with E-state index in [-0.39, 0.29) is 0 Å². The molecular weight excluding hydrogens is 256 g/mol. The van der Waals surface area contributed by atoms with Crippen molar-refractivity contribution in [2.24, 2.45) is 0 Å². The first kappa shape index (κ1) is 10.3. The zero-order valence-electron chi connectivity index (χ0n) is 9.59. The van der Waals surface area contributed by atoms with Crippen molar-refractivity contribution in [3.8, 4) is 11.1 Å². The summed E-state index contributed by atoms with van der Waals surface area (Å²) in [4.78, 5) is 0. The summed E-state index contributed by atoms with van der Waals surface area (Å²) in [5.74, 6) is 0. The van der Waals surface area contributed by atoms with E-state index in [0.29, 0.717) is 0 Å². The van der Waals surface area contributed by atoms with E-state index in [9.17, 15) is 0 Å². The predicted molar refractivity (Wildman–Crippen MR) is 82.6 cm³/mol. The summed E-state index contributed by atoms with van der Waals surface area (Å²) < 4.78 is 2.72. The minimum atomic E-state index is 1.35. The predicted octanol–water partition coefficient (Wildman–Crippen LogP) is 5.78. The molecule has 18 heavy (non-hydrogen) atoms. The van der Waals surface area contributed by atoms with E-state index >= 15 is 0 Å². The van der Waals surface area contributed by atoms with E-state index in [1.54, 1.807) is 0 Å². The summed E-state index contributed by atoms with van der Waals surface area (Å²) in [5.41, 5.74) is 2.71. The molecule has 0 aliphatic rings. The molecule has 0 spiro atoms. The van der Waals surface area contributed by atoms with E-state index < -0.39 is 0 Å².